The van der Waals surface area contributed by atoms with Gasteiger partial charge in [-0.2, -0.15) is 0 Å². The van der Waals surface area contributed by atoms with Crippen molar-refractivity contribution >= 4 is 34.7 Å². The summed E-state index contributed by atoms with van der Waals surface area (Å²) >= 11 is 10.7. The lowest BCUT2D eigenvalue weighted by Gasteiger charge is -2.16. The molecule has 0 aromatic heterocycles. The van der Waals surface area contributed by atoms with Gasteiger partial charge in [0.25, 0.3) is 0 Å². The summed E-state index contributed by atoms with van der Waals surface area (Å²) in [5, 5.41) is 3.02. The molecular weight excluding hydrogens is 287 g/mol. The number of amides is 1. The number of hydrogen-bond donors (Lipinski definition) is 2. The zero-order valence-electron chi connectivity index (χ0n) is 10.6. The molecule has 0 aliphatic carbocycles. The average molecular weight is 303 g/mol. The van der Waals surface area contributed by atoms with Gasteiger partial charge in [-0.1, -0.05) is 36.8 Å². The van der Waals surface area contributed by atoms with Crippen LogP contribution >= 0.6 is 23.8 Å². The molecule has 3 N–H and O–H groups in total. The monoisotopic (exact) mass is 302 g/mol. The van der Waals surface area contributed by atoms with Gasteiger partial charge in [-0.3, -0.25) is 4.79 Å². The number of rotatable bonds is 6. The normalized spacial score (nSPS) is 11.9. The van der Waals surface area contributed by atoms with E-state index >= 15 is 0 Å². The van der Waals surface area contributed by atoms with E-state index in [0.29, 0.717) is 17.8 Å². The van der Waals surface area contributed by atoms with Crippen molar-refractivity contribution in [2.24, 2.45) is 5.73 Å². The lowest BCUT2D eigenvalue weighted by molar-refractivity contribution is -0.121. The number of carbonyl (C=O) groups is 1. The molecule has 0 aliphatic rings. The molecule has 0 bridgehead atoms. The van der Waals surface area contributed by atoms with Crippen molar-refractivity contribution in [3.05, 3.63) is 34.6 Å². The van der Waals surface area contributed by atoms with Crippen molar-refractivity contribution in [1.82, 2.24) is 5.32 Å². The number of nitrogens with one attached hydrogen (secondary N) is 1. The zero-order chi connectivity index (χ0) is 14.4. The second kappa shape index (κ2) is 7.40. The number of benzene rings is 1. The van der Waals surface area contributed by atoms with E-state index in [0.717, 1.165) is 0 Å². The van der Waals surface area contributed by atoms with Crippen molar-refractivity contribution in [3.8, 4) is 0 Å². The molecule has 3 nitrogen and oxygen atoms in total. The fraction of sp³-hybridized carbons (Fsp3) is 0.385. The highest BCUT2D eigenvalue weighted by Gasteiger charge is 2.15. The summed E-state index contributed by atoms with van der Waals surface area (Å²) in [6.45, 7) is 1.92. The van der Waals surface area contributed by atoms with Gasteiger partial charge in [0, 0.05) is 23.0 Å². The Kier molecular flexibility index (Phi) is 6.18. The Labute approximate surface area is 122 Å². The van der Waals surface area contributed by atoms with E-state index in [9.17, 15) is 9.18 Å². The first-order valence-electron chi connectivity index (χ1n) is 5.94. The van der Waals surface area contributed by atoms with Gasteiger partial charge in [-0.05, 0) is 18.6 Å². The Hall–Kier alpha value is -1.20. The molecule has 1 amide bonds. The third kappa shape index (κ3) is 5.12. The Morgan fingerprint density at radius 1 is 1.58 bits per heavy atom. The third-order valence-corrected chi connectivity index (χ3v) is 3.23. The van der Waals surface area contributed by atoms with Crippen molar-refractivity contribution < 1.29 is 9.18 Å². The molecule has 0 heterocycles. The topological polar surface area (TPSA) is 55.1 Å². The minimum atomic E-state index is -0.481. The van der Waals surface area contributed by atoms with E-state index < -0.39 is 5.82 Å². The van der Waals surface area contributed by atoms with Crippen molar-refractivity contribution in [1.29, 1.82) is 0 Å². The van der Waals surface area contributed by atoms with Crippen LogP contribution < -0.4 is 11.1 Å². The summed E-state index contributed by atoms with van der Waals surface area (Å²) in [6.07, 6.45) is 1.04. The smallest absolute Gasteiger partial charge is 0.224 e. The molecule has 0 aliphatic heterocycles. The van der Waals surface area contributed by atoms with Crippen LogP contribution in [0.2, 0.25) is 5.02 Å². The van der Waals surface area contributed by atoms with E-state index in [1.165, 1.54) is 12.1 Å². The Morgan fingerprint density at radius 3 is 2.79 bits per heavy atom. The molecule has 19 heavy (non-hydrogen) atoms. The maximum Gasteiger partial charge on any atom is 0.224 e. The Balaban J connectivity index is 2.67. The van der Waals surface area contributed by atoms with Gasteiger partial charge >= 0.3 is 0 Å². The summed E-state index contributed by atoms with van der Waals surface area (Å²) in [4.78, 5) is 12.2. The maximum atomic E-state index is 13.5. The molecule has 0 saturated carbocycles. The number of hydrogen-bond acceptors (Lipinski definition) is 2. The largest absolute Gasteiger partial charge is 0.393 e. The van der Waals surface area contributed by atoms with E-state index in [2.05, 4.69) is 5.32 Å². The van der Waals surface area contributed by atoms with Crippen LogP contribution in [0.15, 0.2) is 18.2 Å². The van der Waals surface area contributed by atoms with Gasteiger partial charge in [0.05, 0.1) is 11.4 Å². The first kappa shape index (κ1) is 15.9. The molecule has 104 valence electrons. The quantitative estimate of drug-likeness (QED) is 0.794. The van der Waals surface area contributed by atoms with Gasteiger partial charge in [-0.25, -0.2) is 4.39 Å². The molecule has 6 heteroatoms. The summed E-state index contributed by atoms with van der Waals surface area (Å²) < 4.78 is 13.5. The van der Waals surface area contributed by atoms with Crippen LogP contribution in [0, 0.1) is 5.82 Å². The molecule has 1 aromatic rings. The van der Waals surface area contributed by atoms with Crippen LogP contribution in [-0.4, -0.2) is 16.9 Å². The predicted molar refractivity (Wildman–Crippen MR) is 78.7 cm³/mol. The summed E-state index contributed by atoms with van der Waals surface area (Å²) in [5.74, 6) is -0.778. The first-order valence-corrected chi connectivity index (χ1v) is 6.73. The number of nitrogens with two attached hydrogens (primary N) is 1. The maximum absolute atomic E-state index is 13.5. The van der Waals surface area contributed by atoms with Gasteiger partial charge in [-0.15, -0.1) is 0 Å². The average Bonchev–Trinajstić information content (AvgIpc) is 2.32. The van der Waals surface area contributed by atoms with Crippen molar-refractivity contribution in [2.45, 2.75) is 32.2 Å². The molecule has 0 radical (unpaired) electrons. The molecule has 0 fully saturated rings. The second-order valence-electron chi connectivity index (χ2n) is 4.22. The highest BCUT2D eigenvalue weighted by molar-refractivity contribution is 7.80. The number of carbonyl (C=O) groups excluding carboxylic acids is 1. The zero-order valence-corrected chi connectivity index (χ0v) is 12.2. The summed E-state index contributed by atoms with van der Waals surface area (Å²) in [5.41, 5.74) is 5.65. The fourth-order valence-corrected chi connectivity index (χ4v) is 2.11. The third-order valence-electron chi connectivity index (χ3n) is 2.70. The lowest BCUT2D eigenvalue weighted by atomic mass is 10.1. The van der Waals surface area contributed by atoms with Crippen LogP contribution in [-0.2, 0) is 11.2 Å². The molecule has 1 rings (SSSR count). The van der Waals surface area contributed by atoms with Crippen LogP contribution in [0.25, 0.3) is 0 Å². The molecule has 0 spiro atoms. The summed E-state index contributed by atoms with van der Waals surface area (Å²) in [7, 11) is 0. The SMILES string of the molecule is CCC(CC(N)=S)NC(=O)Cc1c(F)cccc1Cl. The van der Waals surface area contributed by atoms with Crippen molar-refractivity contribution in [3.63, 3.8) is 0 Å². The minimum Gasteiger partial charge on any atom is -0.393 e. The van der Waals surface area contributed by atoms with Crippen LogP contribution in [0.3, 0.4) is 0 Å². The lowest BCUT2D eigenvalue weighted by Crippen LogP contribution is -2.38. The van der Waals surface area contributed by atoms with E-state index in [1.807, 2.05) is 6.92 Å². The van der Waals surface area contributed by atoms with Crippen LogP contribution in [0.5, 0.6) is 0 Å². The highest BCUT2D eigenvalue weighted by atomic mass is 35.5. The van der Waals surface area contributed by atoms with E-state index in [-0.39, 0.29) is 29.0 Å². The number of thiocarbonyl (C=S) groups is 1. The number of halogens is 2. The van der Waals surface area contributed by atoms with Crippen LogP contribution in [0.4, 0.5) is 4.39 Å². The first-order chi connectivity index (χ1) is 8.93. The van der Waals surface area contributed by atoms with Gasteiger partial charge in [0.15, 0.2) is 0 Å². The molecule has 1 aromatic carbocycles. The second-order valence-corrected chi connectivity index (χ2v) is 5.15. The predicted octanol–water partition coefficient (Wildman–Crippen LogP) is 2.59. The molecule has 1 atom stereocenters. The van der Waals surface area contributed by atoms with Gasteiger partial charge in [0.2, 0.25) is 5.91 Å². The van der Waals surface area contributed by atoms with Crippen LogP contribution in [0.1, 0.15) is 25.3 Å². The molecule has 0 saturated heterocycles. The van der Waals surface area contributed by atoms with Crippen molar-refractivity contribution in [2.75, 3.05) is 0 Å². The Morgan fingerprint density at radius 2 is 2.26 bits per heavy atom. The highest BCUT2D eigenvalue weighted by Crippen LogP contribution is 2.19. The fourth-order valence-electron chi connectivity index (χ4n) is 1.68. The van der Waals surface area contributed by atoms with E-state index in [4.69, 9.17) is 29.6 Å². The van der Waals surface area contributed by atoms with Gasteiger partial charge < -0.3 is 11.1 Å². The minimum absolute atomic E-state index is 0.0979. The Bertz CT molecular complexity index is 461. The summed E-state index contributed by atoms with van der Waals surface area (Å²) in [6, 6.07) is 4.21. The van der Waals surface area contributed by atoms with Gasteiger partial charge in [0.1, 0.15) is 5.82 Å². The molecular formula is C13H16ClFN2OS. The molecule has 1 unspecified atom stereocenters. The standard InChI is InChI=1S/C13H16ClFN2OS/c1-2-8(6-12(16)19)17-13(18)7-9-10(14)4-3-5-11(9)15/h3-5,8H,2,6-7H2,1H3,(H2,16,19)(H,17,18). The van der Waals surface area contributed by atoms with E-state index in [1.54, 1.807) is 6.07 Å².